The fraction of sp³-hybridized carbons (Fsp3) is 0.167. The molecule has 0 fully saturated rings. The molecule has 1 aromatic carbocycles. The van der Waals surface area contributed by atoms with Crippen molar-refractivity contribution in [3.8, 4) is 11.5 Å². The lowest BCUT2D eigenvalue weighted by atomic mass is 10.2. The van der Waals surface area contributed by atoms with Gasteiger partial charge in [-0.1, -0.05) is 6.07 Å². The fourth-order valence-corrected chi connectivity index (χ4v) is 1.94. The van der Waals surface area contributed by atoms with Crippen molar-refractivity contribution in [1.82, 2.24) is 9.97 Å². The summed E-state index contributed by atoms with van der Waals surface area (Å²) in [6.07, 6.45) is 1.17. The second kappa shape index (κ2) is 5.12. The molecule has 0 saturated heterocycles. The van der Waals surface area contributed by atoms with Crippen LogP contribution in [-0.2, 0) is 6.54 Å². The molecule has 1 aliphatic heterocycles. The summed E-state index contributed by atoms with van der Waals surface area (Å²) in [6.45, 7) is 0.522. The quantitative estimate of drug-likeness (QED) is 0.637. The number of benzene rings is 1. The second-order valence-corrected chi connectivity index (χ2v) is 4.25. The Hall–Kier alpha value is -3.10. The van der Waals surface area contributed by atoms with Gasteiger partial charge in [-0.2, -0.15) is 0 Å². The molecule has 3 rings (SSSR count). The summed E-state index contributed by atoms with van der Waals surface area (Å²) >= 11 is 0. The molecule has 21 heavy (non-hydrogen) atoms. The zero-order valence-electron chi connectivity index (χ0n) is 10.8. The molecule has 9 nitrogen and oxygen atoms in total. The van der Waals surface area contributed by atoms with Crippen LogP contribution in [0.5, 0.6) is 11.5 Å². The van der Waals surface area contributed by atoms with Crippen LogP contribution in [0.1, 0.15) is 5.56 Å². The highest BCUT2D eigenvalue weighted by atomic mass is 16.7. The minimum Gasteiger partial charge on any atom is -0.454 e. The van der Waals surface area contributed by atoms with E-state index in [1.54, 1.807) is 12.1 Å². The number of nitro groups is 1. The summed E-state index contributed by atoms with van der Waals surface area (Å²) in [5.41, 5.74) is 6.03. The van der Waals surface area contributed by atoms with Gasteiger partial charge in [-0.15, -0.1) is 0 Å². The number of nitrogens with one attached hydrogen (secondary N) is 1. The van der Waals surface area contributed by atoms with Gasteiger partial charge in [0.1, 0.15) is 6.33 Å². The largest absolute Gasteiger partial charge is 0.454 e. The van der Waals surface area contributed by atoms with E-state index >= 15 is 0 Å². The Bertz CT molecular complexity index is 706. The number of rotatable bonds is 4. The summed E-state index contributed by atoms with van der Waals surface area (Å²) in [7, 11) is 0. The van der Waals surface area contributed by atoms with E-state index in [4.69, 9.17) is 15.2 Å². The van der Waals surface area contributed by atoms with Crippen LogP contribution in [0.4, 0.5) is 17.3 Å². The van der Waals surface area contributed by atoms with E-state index in [9.17, 15) is 10.1 Å². The first kappa shape index (κ1) is 12.9. The van der Waals surface area contributed by atoms with E-state index in [0.29, 0.717) is 18.0 Å². The van der Waals surface area contributed by atoms with Gasteiger partial charge >= 0.3 is 5.69 Å². The summed E-state index contributed by atoms with van der Waals surface area (Å²) in [5.74, 6) is 1.22. The first-order valence-electron chi connectivity index (χ1n) is 6.02. The first-order valence-corrected chi connectivity index (χ1v) is 6.02. The van der Waals surface area contributed by atoms with Gasteiger partial charge in [0, 0.05) is 6.54 Å². The molecule has 108 valence electrons. The highest BCUT2D eigenvalue weighted by molar-refractivity contribution is 5.67. The smallest absolute Gasteiger partial charge is 0.352 e. The van der Waals surface area contributed by atoms with Crippen molar-refractivity contribution in [2.24, 2.45) is 0 Å². The van der Waals surface area contributed by atoms with Crippen molar-refractivity contribution in [3.63, 3.8) is 0 Å². The molecule has 0 radical (unpaired) electrons. The molecular weight excluding hydrogens is 278 g/mol. The Balaban J connectivity index is 1.79. The van der Waals surface area contributed by atoms with Crippen LogP contribution >= 0.6 is 0 Å². The number of anilines is 2. The molecule has 9 heteroatoms. The lowest BCUT2D eigenvalue weighted by molar-refractivity contribution is -0.383. The topological polar surface area (TPSA) is 125 Å². The van der Waals surface area contributed by atoms with E-state index < -0.39 is 4.92 Å². The Morgan fingerprint density at radius 1 is 1.33 bits per heavy atom. The van der Waals surface area contributed by atoms with Crippen molar-refractivity contribution in [2.45, 2.75) is 6.54 Å². The number of hydrogen-bond acceptors (Lipinski definition) is 8. The average Bonchev–Trinajstić information content (AvgIpc) is 2.92. The van der Waals surface area contributed by atoms with Crippen LogP contribution in [-0.4, -0.2) is 21.7 Å². The van der Waals surface area contributed by atoms with Gasteiger partial charge in [0.15, 0.2) is 11.5 Å². The van der Waals surface area contributed by atoms with Gasteiger partial charge in [-0.05, 0) is 17.7 Å². The summed E-state index contributed by atoms with van der Waals surface area (Å²) in [6, 6.07) is 5.41. The molecule has 2 heterocycles. The van der Waals surface area contributed by atoms with Gasteiger partial charge in [0.25, 0.3) is 0 Å². The monoisotopic (exact) mass is 289 g/mol. The van der Waals surface area contributed by atoms with Crippen LogP contribution in [0.25, 0.3) is 0 Å². The predicted octanol–water partition coefficient (Wildman–Crippen LogP) is 1.31. The van der Waals surface area contributed by atoms with E-state index in [2.05, 4.69) is 15.3 Å². The first-order chi connectivity index (χ1) is 10.1. The highest BCUT2D eigenvalue weighted by Crippen LogP contribution is 2.33. The lowest BCUT2D eigenvalue weighted by Gasteiger charge is -2.07. The maximum atomic E-state index is 11.0. The molecule has 0 saturated carbocycles. The minimum atomic E-state index is -0.614. The predicted molar refractivity (Wildman–Crippen MR) is 73.0 cm³/mol. The number of nitrogens with two attached hydrogens (primary N) is 1. The molecule has 0 unspecified atom stereocenters. The number of nitrogen functional groups attached to an aromatic ring is 1. The second-order valence-electron chi connectivity index (χ2n) is 4.25. The SMILES string of the molecule is Nc1ncnc(NCc2ccc3c(c2)OCO3)c1[N+](=O)[O-]. The van der Waals surface area contributed by atoms with Gasteiger partial charge < -0.3 is 20.5 Å². The van der Waals surface area contributed by atoms with E-state index in [-0.39, 0.29) is 24.1 Å². The van der Waals surface area contributed by atoms with Gasteiger partial charge in [0.05, 0.1) is 4.92 Å². The van der Waals surface area contributed by atoms with Crippen molar-refractivity contribution < 1.29 is 14.4 Å². The molecule has 1 aliphatic rings. The number of fused-ring (bicyclic) bond motifs is 1. The Morgan fingerprint density at radius 2 is 2.14 bits per heavy atom. The maximum Gasteiger partial charge on any atom is 0.352 e. The van der Waals surface area contributed by atoms with Gasteiger partial charge in [-0.25, -0.2) is 9.97 Å². The fourth-order valence-electron chi connectivity index (χ4n) is 1.94. The Labute approximate surface area is 118 Å². The van der Waals surface area contributed by atoms with Crippen LogP contribution in [0.2, 0.25) is 0 Å². The van der Waals surface area contributed by atoms with Crippen LogP contribution in [0.3, 0.4) is 0 Å². The van der Waals surface area contributed by atoms with Crippen molar-refractivity contribution >= 4 is 17.3 Å². The van der Waals surface area contributed by atoms with E-state index in [0.717, 1.165) is 5.56 Å². The van der Waals surface area contributed by atoms with Crippen LogP contribution in [0, 0.1) is 10.1 Å². The third-order valence-electron chi connectivity index (χ3n) is 2.93. The number of hydrogen-bond donors (Lipinski definition) is 2. The molecule has 3 N–H and O–H groups in total. The van der Waals surface area contributed by atoms with E-state index in [1.165, 1.54) is 6.33 Å². The normalized spacial score (nSPS) is 12.2. The van der Waals surface area contributed by atoms with Crippen molar-refractivity contribution in [3.05, 3.63) is 40.2 Å². The Morgan fingerprint density at radius 3 is 2.95 bits per heavy atom. The van der Waals surface area contributed by atoms with Gasteiger partial charge in [0.2, 0.25) is 18.4 Å². The van der Waals surface area contributed by atoms with Crippen molar-refractivity contribution in [2.75, 3.05) is 17.8 Å². The molecule has 0 amide bonds. The van der Waals surface area contributed by atoms with Gasteiger partial charge in [-0.3, -0.25) is 10.1 Å². The molecule has 0 atom stereocenters. The summed E-state index contributed by atoms with van der Waals surface area (Å²) in [5, 5.41) is 13.9. The zero-order valence-corrected chi connectivity index (χ0v) is 10.8. The average molecular weight is 289 g/mol. The number of nitrogens with zero attached hydrogens (tertiary/aromatic N) is 3. The minimum absolute atomic E-state index is 0.0742. The molecular formula is C12H11N5O4. The highest BCUT2D eigenvalue weighted by Gasteiger charge is 2.21. The molecule has 0 spiro atoms. The molecule has 1 aromatic heterocycles. The molecule has 0 bridgehead atoms. The van der Waals surface area contributed by atoms with Crippen LogP contribution < -0.4 is 20.5 Å². The van der Waals surface area contributed by atoms with Crippen LogP contribution in [0.15, 0.2) is 24.5 Å². The molecule has 0 aliphatic carbocycles. The third-order valence-corrected chi connectivity index (χ3v) is 2.93. The standard InChI is InChI=1S/C12H11N5O4/c13-11-10(17(18)19)12(16-5-15-11)14-4-7-1-2-8-9(3-7)21-6-20-8/h1-3,5H,4,6H2,(H3,13,14,15,16). The summed E-state index contributed by atoms with van der Waals surface area (Å²) < 4.78 is 10.5. The van der Waals surface area contributed by atoms with E-state index in [1.807, 2.05) is 6.07 Å². The summed E-state index contributed by atoms with van der Waals surface area (Å²) in [4.78, 5) is 17.8. The lowest BCUT2D eigenvalue weighted by Crippen LogP contribution is -2.08. The zero-order chi connectivity index (χ0) is 14.8. The maximum absolute atomic E-state index is 11.0. The number of aromatic nitrogens is 2. The molecule has 2 aromatic rings. The van der Waals surface area contributed by atoms with Crippen molar-refractivity contribution in [1.29, 1.82) is 0 Å². The third kappa shape index (κ3) is 2.48. The Kier molecular flexibility index (Phi) is 3.14. The number of ether oxygens (including phenoxy) is 2.